The van der Waals surface area contributed by atoms with Crippen LogP contribution in [-0.4, -0.2) is 37.2 Å². The summed E-state index contributed by atoms with van der Waals surface area (Å²) in [5.74, 6) is -0.925. The molecule has 0 unspecified atom stereocenters. The molecule has 1 aromatic carbocycles. The van der Waals surface area contributed by atoms with Crippen molar-refractivity contribution in [1.82, 2.24) is 0 Å². The fraction of sp³-hybridized carbons (Fsp3) is 0.385. The number of rotatable bonds is 6. The van der Waals surface area contributed by atoms with Gasteiger partial charge >= 0.3 is 5.97 Å². The highest BCUT2D eigenvalue weighted by Gasteiger charge is 2.20. The number of hydrogen-bond acceptors (Lipinski definition) is 4. The van der Waals surface area contributed by atoms with Crippen LogP contribution in [0.25, 0.3) is 0 Å². The Bertz CT molecular complexity index is 510. The van der Waals surface area contributed by atoms with Gasteiger partial charge in [0.05, 0.1) is 12.7 Å². The maximum atomic E-state index is 12.1. The molecule has 104 valence electrons. The SMILES string of the molecule is COc1c(C)cc(Br)c(C)c1C(=O)COCC(=O)O. The Labute approximate surface area is 119 Å². The van der Waals surface area contributed by atoms with Gasteiger partial charge < -0.3 is 14.6 Å². The summed E-state index contributed by atoms with van der Waals surface area (Å²) >= 11 is 3.38. The van der Waals surface area contributed by atoms with Crippen LogP contribution in [0.15, 0.2) is 10.5 Å². The van der Waals surface area contributed by atoms with Crippen molar-refractivity contribution in [3.8, 4) is 5.75 Å². The zero-order valence-electron chi connectivity index (χ0n) is 10.9. The average molecular weight is 331 g/mol. The van der Waals surface area contributed by atoms with Crippen LogP contribution in [0.3, 0.4) is 0 Å². The number of benzene rings is 1. The summed E-state index contributed by atoms with van der Waals surface area (Å²) < 4.78 is 10.9. The van der Waals surface area contributed by atoms with E-state index in [-0.39, 0.29) is 12.4 Å². The summed E-state index contributed by atoms with van der Waals surface area (Å²) in [6.07, 6.45) is 0. The lowest BCUT2D eigenvalue weighted by atomic mass is 10.0. The van der Waals surface area contributed by atoms with E-state index in [1.165, 1.54) is 7.11 Å². The number of hydrogen-bond donors (Lipinski definition) is 1. The van der Waals surface area contributed by atoms with Crippen LogP contribution < -0.4 is 4.74 Å². The number of carboxylic acid groups (broad SMARTS) is 1. The zero-order valence-corrected chi connectivity index (χ0v) is 12.5. The number of aryl methyl sites for hydroxylation is 1. The molecule has 0 saturated carbocycles. The number of ketones is 1. The van der Waals surface area contributed by atoms with Crippen LogP contribution in [0.4, 0.5) is 0 Å². The van der Waals surface area contributed by atoms with Gasteiger partial charge in [-0.25, -0.2) is 4.79 Å². The molecule has 0 atom stereocenters. The van der Waals surface area contributed by atoms with E-state index >= 15 is 0 Å². The predicted octanol–water partition coefficient (Wildman–Crippen LogP) is 2.36. The summed E-state index contributed by atoms with van der Waals surface area (Å²) in [6.45, 7) is 2.83. The third-order valence-electron chi connectivity index (χ3n) is 2.60. The topological polar surface area (TPSA) is 72.8 Å². The van der Waals surface area contributed by atoms with E-state index in [2.05, 4.69) is 15.9 Å². The lowest BCUT2D eigenvalue weighted by molar-refractivity contribution is -0.141. The molecule has 1 aromatic rings. The minimum atomic E-state index is -1.11. The Kier molecular flexibility index (Phi) is 5.50. The van der Waals surface area contributed by atoms with E-state index < -0.39 is 12.6 Å². The number of halogens is 1. The van der Waals surface area contributed by atoms with Gasteiger partial charge in [0.1, 0.15) is 19.0 Å². The molecule has 0 spiro atoms. The first-order valence-corrected chi connectivity index (χ1v) is 6.34. The number of methoxy groups -OCH3 is 1. The molecule has 0 amide bonds. The normalized spacial score (nSPS) is 10.3. The second-order valence-corrected chi connectivity index (χ2v) is 4.87. The maximum Gasteiger partial charge on any atom is 0.329 e. The maximum absolute atomic E-state index is 12.1. The van der Waals surface area contributed by atoms with Crippen molar-refractivity contribution >= 4 is 27.7 Å². The van der Waals surface area contributed by atoms with E-state index in [4.69, 9.17) is 14.6 Å². The fourth-order valence-electron chi connectivity index (χ4n) is 1.75. The lowest BCUT2D eigenvalue weighted by Crippen LogP contribution is -2.16. The molecule has 0 radical (unpaired) electrons. The molecular formula is C13H15BrO5. The van der Waals surface area contributed by atoms with E-state index in [0.717, 1.165) is 15.6 Å². The van der Waals surface area contributed by atoms with Gasteiger partial charge in [0.25, 0.3) is 0 Å². The molecule has 6 heteroatoms. The van der Waals surface area contributed by atoms with Crippen LogP contribution in [-0.2, 0) is 9.53 Å². The van der Waals surface area contributed by atoms with Gasteiger partial charge in [-0.1, -0.05) is 15.9 Å². The molecule has 0 fully saturated rings. The molecule has 0 aromatic heterocycles. The molecule has 5 nitrogen and oxygen atoms in total. The van der Waals surface area contributed by atoms with E-state index in [1.807, 2.05) is 13.0 Å². The quantitative estimate of drug-likeness (QED) is 0.810. The molecule has 1 rings (SSSR count). The Balaban J connectivity index is 3.04. The number of carbonyl (C=O) groups excluding carboxylic acids is 1. The second kappa shape index (κ2) is 6.68. The van der Waals surface area contributed by atoms with Gasteiger partial charge in [0, 0.05) is 4.47 Å². The summed E-state index contributed by atoms with van der Waals surface area (Å²) in [6, 6.07) is 1.86. The van der Waals surface area contributed by atoms with Crippen molar-refractivity contribution in [2.24, 2.45) is 0 Å². The minimum absolute atomic E-state index is 0.292. The van der Waals surface area contributed by atoms with E-state index in [1.54, 1.807) is 6.92 Å². The molecule has 0 heterocycles. The number of carbonyl (C=O) groups is 2. The molecule has 0 saturated heterocycles. The van der Waals surface area contributed by atoms with Gasteiger partial charge in [0.15, 0.2) is 5.78 Å². The van der Waals surface area contributed by atoms with Crippen molar-refractivity contribution in [1.29, 1.82) is 0 Å². The molecule has 19 heavy (non-hydrogen) atoms. The number of aliphatic carboxylic acids is 1. The third kappa shape index (κ3) is 3.78. The molecule has 0 aliphatic rings. The van der Waals surface area contributed by atoms with Gasteiger partial charge in [0.2, 0.25) is 0 Å². The third-order valence-corrected chi connectivity index (χ3v) is 3.43. The van der Waals surface area contributed by atoms with E-state index in [0.29, 0.717) is 11.3 Å². The van der Waals surface area contributed by atoms with Gasteiger partial charge in [-0.2, -0.15) is 0 Å². The van der Waals surface area contributed by atoms with Gasteiger partial charge in [-0.3, -0.25) is 4.79 Å². The molecular weight excluding hydrogens is 316 g/mol. The summed E-state index contributed by atoms with van der Waals surface area (Å²) in [4.78, 5) is 22.5. The van der Waals surface area contributed by atoms with Crippen LogP contribution in [0.1, 0.15) is 21.5 Å². The van der Waals surface area contributed by atoms with Gasteiger partial charge in [-0.05, 0) is 31.0 Å². The molecule has 1 N–H and O–H groups in total. The van der Waals surface area contributed by atoms with Crippen LogP contribution in [0, 0.1) is 13.8 Å². The standard InChI is InChI=1S/C13H15BrO5/c1-7-4-9(14)8(2)12(13(7)18-3)10(15)5-19-6-11(16)17/h4H,5-6H2,1-3H3,(H,16,17). The first-order chi connectivity index (χ1) is 8.88. The Morgan fingerprint density at radius 2 is 1.95 bits per heavy atom. The number of carboxylic acids is 1. The molecule has 0 bridgehead atoms. The van der Waals surface area contributed by atoms with Crippen molar-refractivity contribution in [2.75, 3.05) is 20.3 Å². The van der Waals surface area contributed by atoms with E-state index in [9.17, 15) is 9.59 Å². The monoisotopic (exact) mass is 330 g/mol. The van der Waals surface area contributed by atoms with Crippen molar-refractivity contribution < 1.29 is 24.2 Å². The fourth-order valence-corrected chi connectivity index (χ4v) is 2.29. The van der Waals surface area contributed by atoms with Crippen LogP contribution >= 0.6 is 15.9 Å². The average Bonchev–Trinajstić information content (AvgIpc) is 2.32. The first kappa shape index (κ1) is 15.7. The van der Waals surface area contributed by atoms with Crippen molar-refractivity contribution in [3.63, 3.8) is 0 Å². The summed E-state index contributed by atoms with van der Waals surface area (Å²) in [5.41, 5.74) is 1.98. The zero-order chi connectivity index (χ0) is 14.6. The minimum Gasteiger partial charge on any atom is -0.496 e. The number of ether oxygens (including phenoxy) is 2. The molecule has 0 aliphatic heterocycles. The largest absolute Gasteiger partial charge is 0.496 e. The molecule has 0 aliphatic carbocycles. The summed E-state index contributed by atoms with van der Waals surface area (Å²) in [7, 11) is 1.49. The summed E-state index contributed by atoms with van der Waals surface area (Å²) in [5, 5.41) is 8.47. The highest BCUT2D eigenvalue weighted by atomic mass is 79.9. The first-order valence-electron chi connectivity index (χ1n) is 5.55. The lowest BCUT2D eigenvalue weighted by Gasteiger charge is -2.15. The van der Waals surface area contributed by atoms with Crippen LogP contribution in [0.5, 0.6) is 5.75 Å². The smallest absolute Gasteiger partial charge is 0.329 e. The number of Topliss-reactive ketones (excluding diaryl/α,β-unsaturated/α-hetero) is 1. The second-order valence-electron chi connectivity index (χ2n) is 4.02. The van der Waals surface area contributed by atoms with Crippen molar-refractivity contribution in [2.45, 2.75) is 13.8 Å². The van der Waals surface area contributed by atoms with Crippen molar-refractivity contribution in [3.05, 3.63) is 27.2 Å². The highest BCUT2D eigenvalue weighted by Crippen LogP contribution is 2.32. The van der Waals surface area contributed by atoms with Crippen LogP contribution in [0.2, 0.25) is 0 Å². The predicted molar refractivity (Wildman–Crippen MR) is 73.0 cm³/mol. The van der Waals surface area contributed by atoms with Gasteiger partial charge in [-0.15, -0.1) is 0 Å². The Morgan fingerprint density at radius 1 is 1.32 bits per heavy atom. The Hall–Kier alpha value is -1.40. The highest BCUT2D eigenvalue weighted by molar-refractivity contribution is 9.10. The Morgan fingerprint density at radius 3 is 2.47 bits per heavy atom.